The first-order valence-electron chi connectivity index (χ1n) is 5.42. The molecule has 0 saturated carbocycles. The Balaban J connectivity index is 1.83. The van der Waals surface area contributed by atoms with Crippen molar-refractivity contribution in [3.8, 4) is 0 Å². The van der Waals surface area contributed by atoms with Crippen LogP contribution in [0.3, 0.4) is 0 Å². The highest BCUT2D eigenvalue weighted by atomic mass is 16.5. The summed E-state index contributed by atoms with van der Waals surface area (Å²) in [6.45, 7) is 0.649. The first-order valence-corrected chi connectivity index (χ1v) is 5.42. The molecule has 2 aromatic heterocycles. The molecule has 2 rings (SSSR count). The quantitative estimate of drug-likeness (QED) is 0.796. The topological polar surface area (TPSA) is 78.1 Å². The van der Waals surface area contributed by atoms with Crippen LogP contribution in [0.4, 0.5) is 0 Å². The second-order valence-corrected chi connectivity index (χ2v) is 3.58. The summed E-state index contributed by atoms with van der Waals surface area (Å²) < 4.78 is 10.3. The first kappa shape index (κ1) is 10.9. The highest BCUT2D eigenvalue weighted by Gasteiger charge is 2.06. The molecule has 5 heteroatoms. The van der Waals surface area contributed by atoms with Gasteiger partial charge in [-0.3, -0.25) is 0 Å². The Morgan fingerprint density at radius 1 is 1.25 bits per heavy atom. The van der Waals surface area contributed by atoms with E-state index < -0.39 is 0 Å². The molecule has 0 fully saturated rings. The van der Waals surface area contributed by atoms with Crippen LogP contribution in [0.25, 0.3) is 0 Å². The molecule has 0 bridgehead atoms. The fourth-order valence-corrected chi connectivity index (χ4v) is 1.44. The third kappa shape index (κ3) is 2.93. The van der Waals surface area contributed by atoms with Gasteiger partial charge in [0.25, 0.3) is 0 Å². The van der Waals surface area contributed by atoms with Gasteiger partial charge in [-0.15, -0.1) is 0 Å². The van der Waals surface area contributed by atoms with Gasteiger partial charge in [0.1, 0.15) is 5.76 Å². The van der Waals surface area contributed by atoms with Crippen molar-refractivity contribution in [3.63, 3.8) is 0 Å². The zero-order chi connectivity index (χ0) is 11.2. The fourth-order valence-electron chi connectivity index (χ4n) is 1.44. The maximum absolute atomic E-state index is 5.41. The van der Waals surface area contributed by atoms with Gasteiger partial charge in [-0.2, -0.15) is 4.98 Å². The van der Waals surface area contributed by atoms with Crippen LogP contribution in [-0.2, 0) is 19.3 Å². The average Bonchev–Trinajstić information content (AvgIpc) is 2.95. The molecule has 5 nitrogen and oxygen atoms in total. The van der Waals surface area contributed by atoms with E-state index in [1.807, 2.05) is 12.1 Å². The van der Waals surface area contributed by atoms with Crippen LogP contribution in [0.5, 0.6) is 0 Å². The van der Waals surface area contributed by atoms with E-state index in [-0.39, 0.29) is 0 Å². The number of furan rings is 1. The third-order valence-corrected chi connectivity index (χ3v) is 2.28. The van der Waals surface area contributed by atoms with Gasteiger partial charge in [-0.25, -0.2) is 0 Å². The van der Waals surface area contributed by atoms with Crippen molar-refractivity contribution >= 4 is 0 Å². The summed E-state index contributed by atoms with van der Waals surface area (Å²) in [5.74, 6) is 2.32. The van der Waals surface area contributed by atoms with E-state index >= 15 is 0 Å². The SMILES string of the molecule is NCCCc1noc(CCc2ccco2)n1. The van der Waals surface area contributed by atoms with E-state index in [4.69, 9.17) is 14.7 Å². The van der Waals surface area contributed by atoms with Crippen LogP contribution in [0.2, 0.25) is 0 Å². The van der Waals surface area contributed by atoms with Crippen LogP contribution in [0.1, 0.15) is 23.9 Å². The summed E-state index contributed by atoms with van der Waals surface area (Å²) in [6.07, 6.45) is 4.82. The van der Waals surface area contributed by atoms with Crippen molar-refractivity contribution in [2.24, 2.45) is 5.73 Å². The molecule has 0 saturated heterocycles. The van der Waals surface area contributed by atoms with Gasteiger partial charge >= 0.3 is 0 Å². The van der Waals surface area contributed by atoms with E-state index in [0.717, 1.165) is 30.8 Å². The zero-order valence-corrected chi connectivity index (χ0v) is 9.06. The van der Waals surface area contributed by atoms with Gasteiger partial charge in [0.15, 0.2) is 5.82 Å². The minimum absolute atomic E-state index is 0.649. The minimum Gasteiger partial charge on any atom is -0.469 e. The maximum atomic E-state index is 5.41. The van der Waals surface area contributed by atoms with Gasteiger partial charge in [0.2, 0.25) is 5.89 Å². The molecule has 2 heterocycles. The van der Waals surface area contributed by atoms with Gasteiger partial charge < -0.3 is 14.7 Å². The Morgan fingerprint density at radius 3 is 2.94 bits per heavy atom. The van der Waals surface area contributed by atoms with Crippen molar-refractivity contribution in [1.29, 1.82) is 0 Å². The molecule has 2 N–H and O–H groups in total. The Kier molecular flexibility index (Phi) is 3.71. The highest BCUT2D eigenvalue weighted by molar-refractivity contribution is 5.00. The number of aromatic nitrogens is 2. The number of rotatable bonds is 6. The summed E-state index contributed by atoms with van der Waals surface area (Å²) in [5, 5.41) is 3.88. The number of nitrogens with two attached hydrogens (primary N) is 1. The summed E-state index contributed by atoms with van der Waals surface area (Å²) >= 11 is 0. The number of aryl methyl sites for hydroxylation is 3. The Hall–Kier alpha value is -1.62. The average molecular weight is 221 g/mol. The lowest BCUT2D eigenvalue weighted by Gasteiger charge is -1.91. The van der Waals surface area contributed by atoms with E-state index in [9.17, 15) is 0 Å². The fraction of sp³-hybridized carbons (Fsp3) is 0.455. The second kappa shape index (κ2) is 5.46. The molecule has 16 heavy (non-hydrogen) atoms. The number of hydrogen-bond acceptors (Lipinski definition) is 5. The lowest BCUT2D eigenvalue weighted by Crippen LogP contribution is -2.01. The molecule has 86 valence electrons. The van der Waals surface area contributed by atoms with Gasteiger partial charge in [-0.1, -0.05) is 5.16 Å². The van der Waals surface area contributed by atoms with Crippen molar-refractivity contribution in [3.05, 3.63) is 35.9 Å². The summed E-state index contributed by atoms with van der Waals surface area (Å²) in [7, 11) is 0. The molecule has 0 radical (unpaired) electrons. The van der Waals surface area contributed by atoms with Crippen LogP contribution >= 0.6 is 0 Å². The lowest BCUT2D eigenvalue weighted by atomic mass is 10.2. The molecule has 0 aliphatic carbocycles. The molecule has 0 unspecified atom stereocenters. The molecule has 0 aliphatic heterocycles. The van der Waals surface area contributed by atoms with Crippen molar-refractivity contribution in [2.45, 2.75) is 25.7 Å². The Bertz CT molecular complexity index is 409. The molecule has 2 aromatic rings. The summed E-state index contributed by atoms with van der Waals surface area (Å²) in [6, 6.07) is 3.81. The van der Waals surface area contributed by atoms with Crippen molar-refractivity contribution in [2.75, 3.05) is 6.54 Å². The maximum Gasteiger partial charge on any atom is 0.227 e. The molecule has 0 spiro atoms. The van der Waals surface area contributed by atoms with Crippen LogP contribution in [-0.4, -0.2) is 16.7 Å². The van der Waals surface area contributed by atoms with E-state index in [1.54, 1.807) is 6.26 Å². The zero-order valence-electron chi connectivity index (χ0n) is 9.06. The standard InChI is InChI=1S/C11H15N3O2/c12-7-1-4-10-13-11(16-14-10)6-5-9-3-2-8-15-9/h2-3,8H,1,4-7,12H2. The van der Waals surface area contributed by atoms with Gasteiger partial charge in [-0.05, 0) is 25.1 Å². The predicted octanol–water partition coefficient (Wildman–Crippen LogP) is 1.34. The van der Waals surface area contributed by atoms with Gasteiger partial charge in [0.05, 0.1) is 6.26 Å². The second-order valence-electron chi connectivity index (χ2n) is 3.58. The smallest absolute Gasteiger partial charge is 0.227 e. The largest absolute Gasteiger partial charge is 0.469 e. The van der Waals surface area contributed by atoms with E-state index in [1.165, 1.54) is 0 Å². The Morgan fingerprint density at radius 2 is 2.19 bits per heavy atom. The lowest BCUT2D eigenvalue weighted by molar-refractivity contribution is 0.368. The molecule has 0 aromatic carbocycles. The summed E-state index contributed by atoms with van der Waals surface area (Å²) in [4.78, 5) is 4.27. The number of hydrogen-bond donors (Lipinski definition) is 1. The normalized spacial score (nSPS) is 10.8. The highest BCUT2D eigenvalue weighted by Crippen LogP contribution is 2.07. The molecule has 0 atom stereocenters. The first-order chi connectivity index (χ1) is 7.88. The Labute approximate surface area is 93.6 Å². The predicted molar refractivity (Wildman–Crippen MR) is 57.8 cm³/mol. The van der Waals surface area contributed by atoms with Crippen LogP contribution < -0.4 is 5.73 Å². The van der Waals surface area contributed by atoms with Crippen LogP contribution in [0, 0.1) is 0 Å². The number of nitrogens with zero attached hydrogens (tertiary/aromatic N) is 2. The molecular formula is C11H15N3O2. The van der Waals surface area contributed by atoms with Crippen molar-refractivity contribution < 1.29 is 8.94 Å². The minimum atomic E-state index is 0.649. The van der Waals surface area contributed by atoms with E-state index in [0.29, 0.717) is 18.9 Å². The van der Waals surface area contributed by atoms with Gasteiger partial charge in [0, 0.05) is 19.3 Å². The molecule has 0 aliphatic rings. The molecule has 0 amide bonds. The third-order valence-electron chi connectivity index (χ3n) is 2.28. The van der Waals surface area contributed by atoms with E-state index in [2.05, 4.69) is 10.1 Å². The monoisotopic (exact) mass is 221 g/mol. The van der Waals surface area contributed by atoms with Crippen molar-refractivity contribution in [1.82, 2.24) is 10.1 Å². The molecular weight excluding hydrogens is 206 g/mol. The van der Waals surface area contributed by atoms with Crippen LogP contribution in [0.15, 0.2) is 27.3 Å². The summed E-state index contributed by atoms with van der Waals surface area (Å²) in [5.41, 5.74) is 5.41.